The van der Waals surface area contributed by atoms with Crippen LogP contribution in [-0.2, 0) is 10.2 Å². The Morgan fingerprint density at radius 2 is 1.88 bits per heavy atom. The molecule has 26 heavy (non-hydrogen) atoms. The van der Waals surface area contributed by atoms with E-state index in [0.29, 0.717) is 23.0 Å². The second-order valence-electron chi connectivity index (χ2n) is 6.22. The van der Waals surface area contributed by atoms with Crippen LogP contribution in [0.4, 0.5) is 14.5 Å². The number of hydrogen-bond donors (Lipinski definition) is 1. The van der Waals surface area contributed by atoms with Crippen molar-refractivity contribution in [1.29, 1.82) is 0 Å². The number of nitrogens with zero attached hydrogens (tertiary/aromatic N) is 1. The van der Waals surface area contributed by atoms with E-state index in [0.717, 1.165) is 0 Å². The largest absolute Gasteiger partial charge is 0.356 e. The molecule has 1 saturated carbocycles. The van der Waals surface area contributed by atoms with Gasteiger partial charge in [-0.1, -0.05) is 33.2 Å². The van der Waals surface area contributed by atoms with E-state index in [1.54, 1.807) is 30.3 Å². The Balaban J connectivity index is 1.59. The van der Waals surface area contributed by atoms with Crippen LogP contribution in [0.5, 0.6) is 0 Å². The minimum Gasteiger partial charge on any atom is -0.356 e. The molecule has 0 spiro atoms. The molecule has 0 bridgehead atoms. The van der Waals surface area contributed by atoms with Crippen molar-refractivity contribution in [3.63, 3.8) is 0 Å². The van der Waals surface area contributed by atoms with Crippen molar-refractivity contribution in [3.05, 3.63) is 70.3 Å². The van der Waals surface area contributed by atoms with E-state index < -0.39 is 17.0 Å². The second-order valence-corrected chi connectivity index (χ2v) is 7.13. The van der Waals surface area contributed by atoms with Crippen LogP contribution < -0.4 is 5.32 Å². The van der Waals surface area contributed by atoms with Crippen molar-refractivity contribution in [3.8, 4) is 11.3 Å². The quantitative estimate of drug-likeness (QED) is 0.644. The molecule has 0 atom stereocenters. The lowest BCUT2D eigenvalue weighted by molar-refractivity contribution is -0.118. The number of nitrogens with one attached hydrogen (secondary N) is 1. The zero-order valence-corrected chi connectivity index (χ0v) is 15.0. The molecule has 1 aromatic heterocycles. The summed E-state index contributed by atoms with van der Waals surface area (Å²) < 4.78 is 33.7. The van der Waals surface area contributed by atoms with E-state index in [-0.39, 0.29) is 22.9 Å². The monoisotopic (exact) mass is 418 g/mol. The smallest absolute Gasteiger partial charge is 0.236 e. The molecule has 132 valence electrons. The third-order valence-electron chi connectivity index (χ3n) is 4.50. The summed E-state index contributed by atoms with van der Waals surface area (Å²) in [7, 11) is 0. The maximum absolute atomic E-state index is 14.0. The van der Waals surface area contributed by atoms with Crippen molar-refractivity contribution < 1.29 is 18.1 Å². The molecule has 3 aromatic rings. The zero-order chi connectivity index (χ0) is 18.3. The Morgan fingerprint density at radius 3 is 2.58 bits per heavy atom. The first-order valence-corrected chi connectivity index (χ1v) is 8.77. The molecule has 1 N–H and O–H groups in total. The summed E-state index contributed by atoms with van der Waals surface area (Å²) in [6.45, 7) is 0. The molecule has 1 amide bonds. The number of carbonyl (C=O) groups is 1. The summed E-state index contributed by atoms with van der Waals surface area (Å²) in [5, 5.41) is 6.57. The highest BCUT2D eigenvalue weighted by Gasteiger charge is 2.54. The highest BCUT2D eigenvalue weighted by Crippen LogP contribution is 2.49. The van der Waals surface area contributed by atoms with Gasteiger partial charge in [0.1, 0.15) is 11.6 Å². The number of halogens is 3. The van der Waals surface area contributed by atoms with Gasteiger partial charge in [0.2, 0.25) is 5.91 Å². The highest BCUT2D eigenvalue weighted by atomic mass is 79.9. The number of benzene rings is 2. The number of amides is 1. The van der Waals surface area contributed by atoms with E-state index in [9.17, 15) is 13.6 Å². The third-order valence-corrected chi connectivity index (χ3v) is 5.00. The van der Waals surface area contributed by atoms with Crippen molar-refractivity contribution in [2.45, 2.75) is 18.3 Å². The standard InChI is InChI=1S/C19H13BrF2N2O2/c20-11-5-6-15(14(22)9-11)23-18(25)19(7-8-19)17-10-16(26-24-17)12-3-1-2-4-13(12)21/h1-6,9-10H,7-8H2,(H,23,25). The molecule has 0 saturated heterocycles. The third kappa shape index (κ3) is 2.92. The van der Waals surface area contributed by atoms with Gasteiger partial charge < -0.3 is 9.84 Å². The summed E-state index contributed by atoms with van der Waals surface area (Å²) in [6, 6.07) is 12.2. The van der Waals surface area contributed by atoms with Gasteiger partial charge in [-0.05, 0) is 43.2 Å². The van der Waals surface area contributed by atoms with Crippen LogP contribution in [0.2, 0.25) is 0 Å². The van der Waals surface area contributed by atoms with Gasteiger partial charge in [-0.2, -0.15) is 0 Å². The highest BCUT2D eigenvalue weighted by molar-refractivity contribution is 9.10. The minimum absolute atomic E-state index is 0.0993. The molecule has 0 aliphatic heterocycles. The second kappa shape index (κ2) is 6.32. The van der Waals surface area contributed by atoms with Crippen LogP contribution in [0.1, 0.15) is 18.5 Å². The Kier molecular flexibility index (Phi) is 4.11. The maximum Gasteiger partial charge on any atom is 0.236 e. The van der Waals surface area contributed by atoms with Gasteiger partial charge >= 0.3 is 0 Å². The Morgan fingerprint density at radius 1 is 1.12 bits per heavy atom. The molecule has 1 fully saturated rings. The Hall–Kier alpha value is -2.54. The Bertz CT molecular complexity index is 999. The van der Waals surface area contributed by atoms with Crippen molar-refractivity contribution in [2.75, 3.05) is 5.32 Å². The maximum atomic E-state index is 14.0. The Labute approximate surface area is 156 Å². The molecule has 4 rings (SSSR count). The number of hydrogen-bond acceptors (Lipinski definition) is 3. The van der Waals surface area contributed by atoms with Crippen molar-refractivity contribution >= 4 is 27.5 Å². The lowest BCUT2D eigenvalue weighted by atomic mass is 10.00. The van der Waals surface area contributed by atoms with E-state index in [2.05, 4.69) is 26.4 Å². The van der Waals surface area contributed by atoms with Gasteiger partial charge in [-0.15, -0.1) is 0 Å². The predicted molar refractivity (Wildman–Crippen MR) is 95.5 cm³/mol. The normalized spacial score (nSPS) is 14.9. The number of anilines is 1. The number of rotatable bonds is 4. The zero-order valence-electron chi connectivity index (χ0n) is 13.4. The average molecular weight is 419 g/mol. The van der Waals surface area contributed by atoms with Crippen LogP contribution in [0.15, 0.2) is 57.5 Å². The molecular weight excluding hydrogens is 406 g/mol. The van der Waals surface area contributed by atoms with Crippen LogP contribution in [0, 0.1) is 11.6 Å². The molecule has 1 aliphatic carbocycles. The molecule has 0 unspecified atom stereocenters. The lowest BCUT2D eigenvalue weighted by Gasteiger charge is -2.13. The fourth-order valence-corrected chi connectivity index (χ4v) is 3.18. The lowest BCUT2D eigenvalue weighted by Crippen LogP contribution is -2.28. The molecule has 7 heteroatoms. The van der Waals surface area contributed by atoms with Gasteiger partial charge in [-0.25, -0.2) is 8.78 Å². The van der Waals surface area contributed by atoms with E-state index in [1.165, 1.54) is 18.2 Å². The van der Waals surface area contributed by atoms with Crippen LogP contribution in [0.25, 0.3) is 11.3 Å². The van der Waals surface area contributed by atoms with Gasteiger partial charge in [0, 0.05) is 10.5 Å². The van der Waals surface area contributed by atoms with Gasteiger partial charge in [0.05, 0.1) is 22.4 Å². The van der Waals surface area contributed by atoms with Gasteiger partial charge in [-0.3, -0.25) is 4.79 Å². The first kappa shape index (κ1) is 16.9. The van der Waals surface area contributed by atoms with E-state index >= 15 is 0 Å². The predicted octanol–water partition coefficient (Wildman–Crippen LogP) is 5.05. The molecule has 0 radical (unpaired) electrons. The first-order chi connectivity index (χ1) is 12.5. The first-order valence-electron chi connectivity index (χ1n) is 7.98. The molecular formula is C19H13BrF2N2O2. The van der Waals surface area contributed by atoms with Crippen molar-refractivity contribution in [1.82, 2.24) is 5.16 Å². The molecule has 2 aromatic carbocycles. The summed E-state index contributed by atoms with van der Waals surface area (Å²) in [6.07, 6.45) is 1.14. The molecule has 1 aliphatic rings. The summed E-state index contributed by atoms with van der Waals surface area (Å²) in [4.78, 5) is 12.7. The molecule has 1 heterocycles. The van der Waals surface area contributed by atoms with Gasteiger partial charge in [0.25, 0.3) is 0 Å². The fourth-order valence-electron chi connectivity index (χ4n) is 2.85. The van der Waals surface area contributed by atoms with Crippen LogP contribution in [0.3, 0.4) is 0 Å². The fraction of sp³-hybridized carbons (Fsp3) is 0.158. The topological polar surface area (TPSA) is 55.1 Å². The van der Waals surface area contributed by atoms with E-state index in [1.807, 2.05) is 0 Å². The van der Waals surface area contributed by atoms with Crippen molar-refractivity contribution in [2.24, 2.45) is 0 Å². The SMILES string of the molecule is O=C(Nc1ccc(Br)cc1F)C1(c2cc(-c3ccccc3F)on2)CC1. The van der Waals surface area contributed by atoms with Crippen LogP contribution >= 0.6 is 15.9 Å². The molecule has 4 nitrogen and oxygen atoms in total. The summed E-state index contributed by atoms with van der Waals surface area (Å²) in [5.41, 5.74) is -0.0681. The number of aromatic nitrogens is 1. The minimum atomic E-state index is -0.869. The average Bonchev–Trinajstić information content (AvgIpc) is 3.29. The number of carbonyl (C=O) groups excluding carboxylic acids is 1. The van der Waals surface area contributed by atoms with E-state index in [4.69, 9.17) is 4.52 Å². The summed E-state index contributed by atoms with van der Waals surface area (Å²) >= 11 is 3.18. The van der Waals surface area contributed by atoms with Crippen LogP contribution in [-0.4, -0.2) is 11.1 Å². The van der Waals surface area contributed by atoms with Gasteiger partial charge in [0.15, 0.2) is 5.76 Å². The summed E-state index contributed by atoms with van der Waals surface area (Å²) in [5.74, 6) is -1.06.